The molecule has 0 fully saturated rings. The summed E-state index contributed by atoms with van der Waals surface area (Å²) >= 11 is 0. The number of carbonyl (C=O) groups is 1. The molecule has 0 saturated heterocycles. The maximum Gasteiger partial charge on any atom is 0.356 e. The molecule has 0 aliphatic heterocycles. The van der Waals surface area contributed by atoms with Crippen LogP contribution in [0, 0.1) is 11.3 Å². The number of pyridine rings is 2. The number of nitriles is 1. The molecule has 0 radical (unpaired) electrons. The number of hydrogen-bond acceptors (Lipinski definition) is 5. The van der Waals surface area contributed by atoms with Crippen molar-refractivity contribution < 1.29 is 9.90 Å². The first-order chi connectivity index (χ1) is 10.7. The molecule has 0 spiro atoms. The molecule has 3 rings (SSSR count). The highest BCUT2D eigenvalue weighted by atomic mass is 16.4. The van der Waals surface area contributed by atoms with Crippen molar-refractivity contribution in [3.8, 4) is 23.1 Å². The standard InChI is InChI=1S/C15H9N5O2/c16-7-10-3-4-12(18-8-10)14-6-13(15(21)22)19-20(14)11-2-1-5-17-9-11/h1-6,8-9H,(H,21,22). The molecule has 3 aromatic heterocycles. The maximum atomic E-state index is 11.2. The lowest BCUT2D eigenvalue weighted by atomic mass is 10.2. The summed E-state index contributed by atoms with van der Waals surface area (Å²) in [5, 5.41) is 22.0. The van der Waals surface area contributed by atoms with E-state index in [1.54, 1.807) is 36.7 Å². The Labute approximate surface area is 125 Å². The molecular formula is C15H9N5O2. The minimum Gasteiger partial charge on any atom is -0.476 e. The number of nitrogens with zero attached hydrogens (tertiary/aromatic N) is 5. The summed E-state index contributed by atoms with van der Waals surface area (Å²) in [4.78, 5) is 19.4. The number of aromatic carboxylic acids is 1. The SMILES string of the molecule is N#Cc1ccc(-c2cc(C(=O)O)nn2-c2cccnc2)nc1. The Bertz CT molecular complexity index is 863. The number of carboxylic acids is 1. The predicted molar refractivity (Wildman–Crippen MR) is 76.3 cm³/mol. The molecule has 7 heteroatoms. The normalized spacial score (nSPS) is 10.1. The van der Waals surface area contributed by atoms with Gasteiger partial charge in [0, 0.05) is 18.5 Å². The molecular weight excluding hydrogens is 282 g/mol. The summed E-state index contributed by atoms with van der Waals surface area (Å²) in [7, 11) is 0. The monoisotopic (exact) mass is 291 g/mol. The summed E-state index contributed by atoms with van der Waals surface area (Å²) in [6.45, 7) is 0. The fourth-order valence-electron chi connectivity index (χ4n) is 1.96. The van der Waals surface area contributed by atoms with Gasteiger partial charge in [0.25, 0.3) is 0 Å². The summed E-state index contributed by atoms with van der Waals surface area (Å²) in [5.41, 5.74) is 1.98. The number of rotatable bonds is 3. The molecule has 3 heterocycles. The van der Waals surface area contributed by atoms with E-state index in [0.29, 0.717) is 22.6 Å². The molecule has 0 aliphatic rings. The Morgan fingerprint density at radius 2 is 2.14 bits per heavy atom. The molecule has 0 aromatic carbocycles. The van der Waals surface area contributed by atoms with E-state index in [-0.39, 0.29) is 5.69 Å². The van der Waals surface area contributed by atoms with Gasteiger partial charge in [-0.05, 0) is 24.3 Å². The first-order valence-electron chi connectivity index (χ1n) is 6.29. The zero-order chi connectivity index (χ0) is 15.5. The van der Waals surface area contributed by atoms with Gasteiger partial charge in [0.05, 0.1) is 28.8 Å². The summed E-state index contributed by atoms with van der Waals surface area (Å²) in [6.07, 6.45) is 4.62. The van der Waals surface area contributed by atoms with Crippen molar-refractivity contribution >= 4 is 5.97 Å². The van der Waals surface area contributed by atoms with Crippen LogP contribution in [0.4, 0.5) is 0 Å². The molecule has 0 saturated carbocycles. The van der Waals surface area contributed by atoms with Crippen LogP contribution in [0.5, 0.6) is 0 Å². The Hall–Kier alpha value is -3.53. The second kappa shape index (κ2) is 5.46. The van der Waals surface area contributed by atoms with E-state index in [9.17, 15) is 4.79 Å². The topological polar surface area (TPSA) is 105 Å². The molecule has 1 N–H and O–H groups in total. The molecule has 0 aliphatic carbocycles. The minimum absolute atomic E-state index is 0.0926. The predicted octanol–water partition coefficient (Wildman–Crippen LogP) is 1.90. The van der Waals surface area contributed by atoms with Crippen LogP contribution in [0.2, 0.25) is 0 Å². The Kier molecular flexibility index (Phi) is 3.34. The van der Waals surface area contributed by atoms with Gasteiger partial charge >= 0.3 is 5.97 Å². The van der Waals surface area contributed by atoms with Crippen molar-refractivity contribution in [1.82, 2.24) is 19.7 Å². The highest BCUT2D eigenvalue weighted by molar-refractivity contribution is 5.87. The molecule has 0 amide bonds. The quantitative estimate of drug-likeness (QED) is 0.790. The fourth-order valence-corrected chi connectivity index (χ4v) is 1.96. The molecule has 0 bridgehead atoms. The van der Waals surface area contributed by atoms with E-state index in [2.05, 4.69) is 15.1 Å². The second-order valence-electron chi connectivity index (χ2n) is 4.39. The van der Waals surface area contributed by atoms with Gasteiger partial charge in [0.1, 0.15) is 6.07 Å². The van der Waals surface area contributed by atoms with Crippen molar-refractivity contribution in [2.75, 3.05) is 0 Å². The number of aromatic nitrogens is 4. The lowest BCUT2D eigenvalue weighted by Gasteiger charge is -2.06. The molecule has 22 heavy (non-hydrogen) atoms. The van der Waals surface area contributed by atoms with Crippen LogP contribution in [0.15, 0.2) is 48.9 Å². The zero-order valence-corrected chi connectivity index (χ0v) is 11.2. The lowest BCUT2D eigenvalue weighted by Crippen LogP contribution is -2.03. The van der Waals surface area contributed by atoms with E-state index in [4.69, 9.17) is 10.4 Å². The van der Waals surface area contributed by atoms with Gasteiger partial charge in [-0.25, -0.2) is 9.48 Å². The van der Waals surface area contributed by atoms with Crippen LogP contribution in [-0.4, -0.2) is 30.8 Å². The Morgan fingerprint density at radius 3 is 2.73 bits per heavy atom. The van der Waals surface area contributed by atoms with E-state index in [0.717, 1.165) is 0 Å². The van der Waals surface area contributed by atoms with Crippen molar-refractivity contribution in [2.24, 2.45) is 0 Å². The van der Waals surface area contributed by atoms with Gasteiger partial charge in [-0.15, -0.1) is 0 Å². The number of hydrogen-bond donors (Lipinski definition) is 1. The van der Waals surface area contributed by atoms with Crippen molar-refractivity contribution in [1.29, 1.82) is 5.26 Å². The van der Waals surface area contributed by atoms with Gasteiger partial charge in [-0.2, -0.15) is 10.4 Å². The number of carboxylic acid groups (broad SMARTS) is 1. The zero-order valence-electron chi connectivity index (χ0n) is 11.2. The molecule has 3 aromatic rings. The van der Waals surface area contributed by atoms with Gasteiger partial charge < -0.3 is 5.11 Å². The van der Waals surface area contributed by atoms with Crippen molar-refractivity contribution in [3.05, 3.63) is 60.2 Å². The van der Waals surface area contributed by atoms with Crippen LogP contribution in [0.25, 0.3) is 17.1 Å². The van der Waals surface area contributed by atoms with Crippen LogP contribution < -0.4 is 0 Å². The smallest absolute Gasteiger partial charge is 0.356 e. The third-order valence-electron chi connectivity index (χ3n) is 2.97. The third kappa shape index (κ3) is 2.41. The second-order valence-corrected chi connectivity index (χ2v) is 4.39. The maximum absolute atomic E-state index is 11.2. The average Bonchev–Trinajstić information content (AvgIpc) is 3.01. The first-order valence-corrected chi connectivity index (χ1v) is 6.29. The first kappa shape index (κ1) is 13.5. The lowest BCUT2D eigenvalue weighted by molar-refractivity contribution is 0.0690. The van der Waals surface area contributed by atoms with E-state index >= 15 is 0 Å². The summed E-state index contributed by atoms with van der Waals surface area (Å²) in [5.74, 6) is -1.13. The van der Waals surface area contributed by atoms with Crippen LogP contribution >= 0.6 is 0 Å². The summed E-state index contributed by atoms with van der Waals surface area (Å²) in [6, 6.07) is 10.2. The highest BCUT2D eigenvalue weighted by Crippen LogP contribution is 2.22. The minimum atomic E-state index is -1.13. The van der Waals surface area contributed by atoms with E-state index in [1.807, 2.05) is 6.07 Å². The Balaban J connectivity index is 2.17. The Morgan fingerprint density at radius 1 is 1.27 bits per heavy atom. The average molecular weight is 291 g/mol. The van der Waals surface area contributed by atoms with Gasteiger partial charge in [0.2, 0.25) is 0 Å². The van der Waals surface area contributed by atoms with E-state index in [1.165, 1.54) is 16.9 Å². The molecule has 106 valence electrons. The van der Waals surface area contributed by atoms with Gasteiger partial charge in [-0.3, -0.25) is 9.97 Å². The fraction of sp³-hybridized carbons (Fsp3) is 0. The van der Waals surface area contributed by atoms with Crippen molar-refractivity contribution in [3.63, 3.8) is 0 Å². The highest BCUT2D eigenvalue weighted by Gasteiger charge is 2.16. The third-order valence-corrected chi connectivity index (χ3v) is 2.97. The van der Waals surface area contributed by atoms with Crippen LogP contribution in [-0.2, 0) is 0 Å². The van der Waals surface area contributed by atoms with E-state index < -0.39 is 5.97 Å². The van der Waals surface area contributed by atoms with Gasteiger partial charge in [-0.1, -0.05) is 0 Å². The molecule has 7 nitrogen and oxygen atoms in total. The largest absolute Gasteiger partial charge is 0.476 e. The van der Waals surface area contributed by atoms with Crippen LogP contribution in [0.1, 0.15) is 16.1 Å². The van der Waals surface area contributed by atoms with Gasteiger partial charge in [0.15, 0.2) is 5.69 Å². The molecule has 0 atom stereocenters. The van der Waals surface area contributed by atoms with Crippen molar-refractivity contribution in [2.45, 2.75) is 0 Å². The van der Waals surface area contributed by atoms with Crippen LogP contribution in [0.3, 0.4) is 0 Å². The summed E-state index contributed by atoms with van der Waals surface area (Å²) < 4.78 is 1.46. The molecule has 0 unspecified atom stereocenters.